The van der Waals surface area contributed by atoms with E-state index in [9.17, 15) is 9.59 Å². The lowest BCUT2D eigenvalue weighted by molar-refractivity contribution is -0.118. The zero-order valence-corrected chi connectivity index (χ0v) is 14.3. The molecule has 0 bridgehead atoms. The molecule has 1 aliphatic rings. The number of nitrogens with zero attached hydrogens (tertiary/aromatic N) is 1. The molecular weight excluding hydrogens is 340 g/mol. The molecule has 25 heavy (non-hydrogen) atoms. The van der Waals surface area contributed by atoms with E-state index in [1.165, 1.54) is 0 Å². The third-order valence-corrected chi connectivity index (χ3v) is 5.18. The largest absolute Gasteiger partial charge is 0.429 e. The standard InChI is InChI=1S/C17H16N4O3S/c1-8-13(20-16(18)24-8)7-11-6-10-4-9(2-3-12(10)19-11)5-14-15(22)21-17(23)25-14/h2-4,6,14,19H,5,7H2,1H3,(H2,18,20)(H,21,22,23). The Labute approximate surface area is 147 Å². The number of anilines is 1. The average Bonchev–Trinajstić information content (AvgIpc) is 3.17. The van der Waals surface area contributed by atoms with Gasteiger partial charge in [-0.1, -0.05) is 17.8 Å². The molecule has 3 heterocycles. The zero-order valence-electron chi connectivity index (χ0n) is 13.5. The van der Waals surface area contributed by atoms with Crippen molar-refractivity contribution < 1.29 is 14.0 Å². The quantitative estimate of drug-likeness (QED) is 0.662. The number of hydrogen-bond donors (Lipinski definition) is 3. The van der Waals surface area contributed by atoms with E-state index in [4.69, 9.17) is 10.2 Å². The van der Waals surface area contributed by atoms with Crippen LogP contribution in [0.3, 0.4) is 0 Å². The van der Waals surface area contributed by atoms with Crippen LogP contribution < -0.4 is 11.1 Å². The first-order chi connectivity index (χ1) is 12.0. The lowest BCUT2D eigenvalue weighted by Gasteiger charge is -2.05. The van der Waals surface area contributed by atoms with Crippen LogP contribution in [0.5, 0.6) is 0 Å². The first-order valence-corrected chi connectivity index (χ1v) is 8.69. The van der Waals surface area contributed by atoms with Crippen molar-refractivity contribution in [3.63, 3.8) is 0 Å². The van der Waals surface area contributed by atoms with Crippen LogP contribution in [0, 0.1) is 6.92 Å². The van der Waals surface area contributed by atoms with Crippen molar-refractivity contribution in [3.8, 4) is 0 Å². The number of rotatable bonds is 4. The summed E-state index contributed by atoms with van der Waals surface area (Å²) in [5, 5.41) is 2.74. The number of aromatic amines is 1. The average molecular weight is 356 g/mol. The maximum absolute atomic E-state index is 11.7. The fourth-order valence-electron chi connectivity index (χ4n) is 3.00. The van der Waals surface area contributed by atoms with E-state index in [1.54, 1.807) is 0 Å². The minimum absolute atomic E-state index is 0.174. The number of imide groups is 1. The summed E-state index contributed by atoms with van der Waals surface area (Å²) in [6.07, 6.45) is 1.13. The van der Waals surface area contributed by atoms with Gasteiger partial charge >= 0.3 is 0 Å². The number of nitrogens with one attached hydrogen (secondary N) is 2. The van der Waals surface area contributed by atoms with Gasteiger partial charge in [-0.15, -0.1) is 0 Å². The molecule has 7 nitrogen and oxygen atoms in total. The summed E-state index contributed by atoms with van der Waals surface area (Å²) in [5.74, 6) is 0.495. The van der Waals surface area contributed by atoms with Crippen molar-refractivity contribution in [2.24, 2.45) is 0 Å². The van der Waals surface area contributed by atoms with Crippen LogP contribution >= 0.6 is 11.8 Å². The molecule has 0 radical (unpaired) electrons. The molecule has 2 amide bonds. The van der Waals surface area contributed by atoms with Crippen LogP contribution in [0.1, 0.15) is 22.7 Å². The highest BCUT2D eigenvalue weighted by Crippen LogP contribution is 2.26. The zero-order chi connectivity index (χ0) is 17.6. The molecule has 1 fully saturated rings. The Hall–Kier alpha value is -2.74. The van der Waals surface area contributed by atoms with Gasteiger partial charge < -0.3 is 15.1 Å². The number of H-pyrrole nitrogens is 1. The summed E-state index contributed by atoms with van der Waals surface area (Å²) in [5.41, 5.74) is 9.42. The molecule has 0 saturated carbocycles. The number of benzene rings is 1. The SMILES string of the molecule is Cc1oc(N)nc1Cc1cc2cc(CC3SC(=O)NC3=O)ccc2[nH]1. The monoisotopic (exact) mass is 356 g/mol. The minimum Gasteiger partial charge on any atom is -0.429 e. The van der Waals surface area contributed by atoms with E-state index in [1.807, 2.05) is 25.1 Å². The third-order valence-electron chi connectivity index (χ3n) is 4.20. The van der Waals surface area contributed by atoms with E-state index in [-0.39, 0.29) is 22.4 Å². The first kappa shape index (κ1) is 15.8. The van der Waals surface area contributed by atoms with Crippen molar-refractivity contribution in [2.75, 3.05) is 5.73 Å². The van der Waals surface area contributed by atoms with E-state index in [0.717, 1.165) is 39.6 Å². The third kappa shape index (κ3) is 3.12. The van der Waals surface area contributed by atoms with Crippen molar-refractivity contribution in [1.29, 1.82) is 0 Å². The molecule has 1 aromatic carbocycles. The molecule has 0 aliphatic carbocycles. The Morgan fingerprint density at radius 2 is 2.16 bits per heavy atom. The van der Waals surface area contributed by atoms with Gasteiger partial charge in [0, 0.05) is 17.6 Å². The van der Waals surface area contributed by atoms with Gasteiger partial charge in [-0.05, 0) is 42.5 Å². The van der Waals surface area contributed by atoms with Gasteiger partial charge in [0.2, 0.25) is 5.91 Å². The maximum Gasteiger partial charge on any atom is 0.292 e. The van der Waals surface area contributed by atoms with Crippen molar-refractivity contribution in [2.45, 2.75) is 25.0 Å². The van der Waals surface area contributed by atoms with Gasteiger partial charge in [0.1, 0.15) is 5.76 Å². The van der Waals surface area contributed by atoms with Crippen LogP contribution in [-0.4, -0.2) is 26.4 Å². The van der Waals surface area contributed by atoms with Crippen molar-refractivity contribution in [1.82, 2.24) is 15.3 Å². The lowest BCUT2D eigenvalue weighted by atomic mass is 10.1. The predicted molar refractivity (Wildman–Crippen MR) is 95.4 cm³/mol. The Bertz CT molecular complexity index is 991. The molecule has 2 aromatic heterocycles. The molecule has 1 atom stereocenters. The number of carbonyl (C=O) groups excluding carboxylic acids is 2. The second-order valence-electron chi connectivity index (χ2n) is 6.04. The number of fused-ring (bicyclic) bond motifs is 1. The summed E-state index contributed by atoms with van der Waals surface area (Å²) in [6.45, 7) is 1.84. The fourth-order valence-corrected chi connectivity index (χ4v) is 3.86. The normalized spacial score (nSPS) is 17.4. The molecule has 1 saturated heterocycles. The number of nitrogens with two attached hydrogens (primary N) is 1. The molecule has 0 spiro atoms. The van der Waals surface area contributed by atoms with Crippen LogP contribution in [0.15, 0.2) is 28.7 Å². The predicted octanol–water partition coefficient (Wildman–Crippen LogP) is 2.53. The number of hydrogen-bond acceptors (Lipinski definition) is 6. The molecule has 1 aliphatic heterocycles. The smallest absolute Gasteiger partial charge is 0.292 e. The number of amides is 2. The van der Waals surface area contributed by atoms with Gasteiger partial charge in [0.15, 0.2) is 0 Å². The second kappa shape index (κ2) is 5.96. The second-order valence-corrected chi connectivity index (χ2v) is 7.21. The van der Waals surface area contributed by atoms with Gasteiger partial charge in [0.25, 0.3) is 11.3 Å². The Morgan fingerprint density at radius 1 is 1.32 bits per heavy atom. The molecule has 3 aromatic rings. The Morgan fingerprint density at radius 3 is 2.84 bits per heavy atom. The van der Waals surface area contributed by atoms with Gasteiger partial charge in [-0.25, -0.2) is 0 Å². The van der Waals surface area contributed by atoms with E-state index in [0.29, 0.717) is 18.6 Å². The molecule has 8 heteroatoms. The molecule has 4 N–H and O–H groups in total. The number of aromatic nitrogens is 2. The molecule has 128 valence electrons. The van der Waals surface area contributed by atoms with E-state index in [2.05, 4.69) is 21.4 Å². The van der Waals surface area contributed by atoms with Crippen molar-refractivity contribution >= 4 is 39.8 Å². The highest BCUT2D eigenvalue weighted by molar-refractivity contribution is 8.15. The Kier molecular flexibility index (Phi) is 3.76. The number of oxazole rings is 1. The Balaban J connectivity index is 1.56. The lowest BCUT2D eigenvalue weighted by Crippen LogP contribution is -2.25. The topological polar surface area (TPSA) is 114 Å². The maximum atomic E-state index is 11.7. The fraction of sp³-hybridized carbons (Fsp3) is 0.235. The highest BCUT2D eigenvalue weighted by Gasteiger charge is 2.31. The van der Waals surface area contributed by atoms with Crippen LogP contribution in [0.4, 0.5) is 10.8 Å². The van der Waals surface area contributed by atoms with Crippen LogP contribution in [0.2, 0.25) is 0 Å². The number of thioether (sulfide) groups is 1. The molecular formula is C17H16N4O3S. The molecule has 4 rings (SSSR count). The van der Waals surface area contributed by atoms with E-state index < -0.39 is 0 Å². The van der Waals surface area contributed by atoms with Gasteiger partial charge in [0.05, 0.1) is 10.9 Å². The number of aryl methyl sites for hydroxylation is 1. The summed E-state index contributed by atoms with van der Waals surface area (Å²) in [4.78, 5) is 30.5. The van der Waals surface area contributed by atoms with Crippen LogP contribution in [-0.2, 0) is 17.6 Å². The summed E-state index contributed by atoms with van der Waals surface area (Å²) in [7, 11) is 0. The van der Waals surface area contributed by atoms with E-state index >= 15 is 0 Å². The highest BCUT2D eigenvalue weighted by atomic mass is 32.2. The number of nitrogen functional groups attached to an aromatic ring is 1. The van der Waals surface area contributed by atoms with Gasteiger partial charge in [-0.3, -0.25) is 14.9 Å². The minimum atomic E-state index is -0.357. The molecule has 1 unspecified atom stereocenters. The first-order valence-electron chi connectivity index (χ1n) is 7.82. The number of carbonyl (C=O) groups is 2. The van der Waals surface area contributed by atoms with Crippen molar-refractivity contribution in [3.05, 3.63) is 47.0 Å². The summed E-state index contributed by atoms with van der Waals surface area (Å²) >= 11 is 1.05. The van der Waals surface area contributed by atoms with Gasteiger partial charge in [-0.2, -0.15) is 4.98 Å². The summed E-state index contributed by atoms with van der Waals surface area (Å²) in [6, 6.07) is 8.22. The summed E-state index contributed by atoms with van der Waals surface area (Å²) < 4.78 is 5.26. The van der Waals surface area contributed by atoms with Crippen LogP contribution in [0.25, 0.3) is 10.9 Å².